The molecule has 1 heterocycles. The fourth-order valence-corrected chi connectivity index (χ4v) is 4.78. The van der Waals surface area contributed by atoms with Gasteiger partial charge in [-0.15, -0.1) is 18.2 Å². The van der Waals surface area contributed by atoms with Crippen LogP contribution in [0.4, 0.5) is 10.5 Å². The molecule has 10 heteroatoms. The van der Waals surface area contributed by atoms with Gasteiger partial charge in [-0.3, -0.25) is 19.3 Å². The van der Waals surface area contributed by atoms with Crippen LogP contribution in [0.25, 0.3) is 6.08 Å². The van der Waals surface area contributed by atoms with Crippen LogP contribution in [-0.4, -0.2) is 48.5 Å². The predicted octanol–water partition coefficient (Wildman–Crippen LogP) is 4.87. The smallest absolute Gasteiger partial charge is 0.294 e. The third-order valence-electron chi connectivity index (χ3n) is 4.38. The Balaban J connectivity index is 1.74. The second kappa shape index (κ2) is 11.3. The molecule has 2 aromatic rings. The molecule has 1 N–H and O–H groups in total. The second-order valence-corrected chi connectivity index (χ2v) is 9.30. The molecule has 2 aromatic carbocycles. The van der Waals surface area contributed by atoms with E-state index in [1.54, 1.807) is 36.0 Å². The number of ether oxygens (including phenoxy) is 2. The van der Waals surface area contributed by atoms with Gasteiger partial charge in [-0.1, -0.05) is 12.0 Å². The van der Waals surface area contributed by atoms with Gasteiger partial charge in [0.05, 0.1) is 16.5 Å². The molecule has 0 radical (unpaired) electrons. The Morgan fingerprint density at radius 1 is 1.33 bits per heavy atom. The molecule has 33 heavy (non-hydrogen) atoms. The minimum Gasteiger partial charge on any atom is -0.493 e. The van der Waals surface area contributed by atoms with Crippen molar-refractivity contribution in [1.82, 2.24) is 4.90 Å². The maximum atomic E-state index is 12.8. The quantitative estimate of drug-likeness (QED) is 0.287. The lowest BCUT2D eigenvalue weighted by atomic mass is 10.2. The molecule has 3 rings (SSSR count). The molecule has 0 aromatic heterocycles. The molecule has 0 saturated carbocycles. The Hall–Kier alpha value is -2.87. The number of carbonyl (C=O) groups is 3. The summed E-state index contributed by atoms with van der Waals surface area (Å²) in [5.41, 5.74) is 1.20. The number of carbonyl (C=O) groups excluding carboxylic acids is 3. The van der Waals surface area contributed by atoms with Crippen molar-refractivity contribution in [3.8, 4) is 23.8 Å². The largest absolute Gasteiger partial charge is 0.493 e. The van der Waals surface area contributed by atoms with Crippen molar-refractivity contribution in [2.75, 3.05) is 31.8 Å². The second-order valence-electron chi connectivity index (χ2n) is 6.57. The highest BCUT2D eigenvalue weighted by Gasteiger charge is 2.36. The molecule has 1 aliphatic heterocycles. The third kappa shape index (κ3) is 6.13. The number of methoxy groups -OCH3 is 1. The number of nitrogens with zero attached hydrogens (tertiary/aromatic N) is 1. The third-order valence-corrected chi connectivity index (χ3v) is 6.60. The van der Waals surface area contributed by atoms with E-state index in [1.807, 2.05) is 24.5 Å². The van der Waals surface area contributed by atoms with E-state index in [9.17, 15) is 14.4 Å². The van der Waals surface area contributed by atoms with Crippen molar-refractivity contribution < 1.29 is 23.9 Å². The topological polar surface area (TPSA) is 84.9 Å². The van der Waals surface area contributed by atoms with Crippen LogP contribution in [0.15, 0.2) is 50.7 Å². The number of thioether (sulfide) groups is 2. The van der Waals surface area contributed by atoms with E-state index in [0.29, 0.717) is 27.2 Å². The number of rotatable bonds is 8. The number of halogens is 1. The van der Waals surface area contributed by atoms with E-state index in [4.69, 9.17) is 15.9 Å². The lowest BCUT2D eigenvalue weighted by molar-refractivity contribution is -0.127. The van der Waals surface area contributed by atoms with E-state index >= 15 is 0 Å². The molecule has 7 nitrogen and oxygen atoms in total. The zero-order chi connectivity index (χ0) is 24.0. The van der Waals surface area contributed by atoms with Gasteiger partial charge >= 0.3 is 0 Å². The lowest BCUT2D eigenvalue weighted by Gasteiger charge is -2.13. The monoisotopic (exact) mass is 546 g/mol. The molecule has 0 unspecified atom stereocenters. The standard InChI is InChI=1S/C23H19BrN2O5S2/c1-4-8-31-21-17(24)9-14(10-18(21)30-2)11-19-22(28)26(23(29)33-19)13-20(27)25-15-6-5-7-16(12-15)32-3/h1,5-7,9-12H,8,13H2,2-3H3,(H,25,27)/b19-11-. The van der Waals surface area contributed by atoms with E-state index in [2.05, 4.69) is 27.2 Å². The highest BCUT2D eigenvalue weighted by molar-refractivity contribution is 9.10. The summed E-state index contributed by atoms with van der Waals surface area (Å²) in [6.45, 7) is -0.311. The summed E-state index contributed by atoms with van der Waals surface area (Å²) < 4.78 is 11.4. The first kappa shape index (κ1) is 24.8. The van der Waals surface area contributed by atoms with Crippen LogP contribution >= 0.6 is 39.5 Å². The summed E-state index contributed by atoms with van der Waals surface area (Å²) >= 11 is 5.72. The van der Waals surface area contributed by atoms with Gasteiger partial charge in [-0.05, 0) is 75.9 Å². The average Bonchev–Trinajstić information content (AvgIpc) is 3.05. The molecule has 1 saturated heterocycles. The minimum absolute atomic E-state index is 0.0663. The highest BCUT2D eigenvalue weighted by Crippen LogP contribution is 2.39. The number of hydrogen-bond acceptors (Lipinski definition) is 7. The van der Waals surface area contributed by atoms with Gasteiger partial charge in [0.25, 0.3) is 11.1 Å². The van der Waals surface area contributed by atoms with Gasteiger partial charge in [0, 0.05) is 10.6 Å². The Morgan fingerprint density at radius 3 is 2.82 bits per heavy atom. The van der Waals surface area contributed by atoms with Crippen LogP contribution in [0.5, 0.6) is 11.5 Å². The number of amides is 3. The molecule has 0 atom stereocenters. The molecule has 1 fully saturated rings. The van der Waals surface area contributed by atoms with Gasteiger partial charge in [0.15, 0.2) is 11.5 Å². The highest BCUT2D eigenvalue weighted by atomic mass is 79.9. The average molecular weight is 547 g/mol. The fraction of sp³-hybridized carbons (Fsp3) is 0.174. The van der Waals surface area contributed by atoms with Gasteiger partial charge in [-0.25, -0.2) is 0 Å². The molecular formula is C23H19BrN2O5S2. The number of hydrogen-bond donors (Lipinski definition) is 1. The predicted molar refractivity (Wildman–Crippen MR) is 135 cm³/mol. The lowest BCUT2D eigenvalue weighted by Crippen LogP contribution is -2.36. The van der Waals surface area contributed by atoms with Crippen molar-refractivity contribution >= 4 is 68.3 Å². The Kier molecular flexibility index (Phi) is 8.49. The molecule has 0 spiro atoms. The Bertz CT molecular complexity index is 1180. The van der Waals surface area contributed by atoms with Crippen LogP contribution in [0.2, 0.25) is 0 Å². The maximum Gasteiger partial charge on any atom is 0.294 e. The maximum absolute atomic E-state index is 12.8. The number of imide groups is 1. The molecule has 1 aliphatic rings. The van der Waals surface area contributed by atoms with Crippen LogP contribution in [-0.2, 0) is 9.59 Å². The van der Waals surface area contributed by atoms with Crippen molar-refractivity contribution in [2.24, 2.45) is 0 Å². The van der Waals surface area contributed by atoms with E-state index in [0.717, 1.165) is 21.6 Å². The van der Waals surface area contributed by atoms with Gasteiger partial charge in [0.2, 0.25) is 5.91 Å². The number of benzene rings is 2. The molecule has 0 bridgehead atoms. The summed E-state index contributed by atoms with van der Waals surface area (Å²) in [5, 5.41) is 2.20. The summed E-state index contributed by atoms with van der Waals surface area (Å²) in [6, 6.07) is 10.7. The molecule has 0 aliphatic carbocycles. The van der Waals surface area contributed by atoms with Crippen LogP contribution in [0.1, 0.15) is 5.56 Å². The summed E-state index contributed by atoms with van der Waals surface area (Å²) in [7, 11) is 1.48. The van der Waals surface area contributed by atoms with Gasteiger partial charge in [0.1, 0.15) is 13.2 Å². The van der Waals surface area contributed by atoms with Crippen LogP contribution in [0, 0.1) is 12.3 Å². The molecule has 170 valence electrons. The zero-order valence-electron chi connectivity index (χ0n) is 17.7. The minimum atomic E-state index is -0.541. The summed E-state index contributed by atoms with van der Waals surface area (Å²) in [6.07, 6.45) is 8.73. The van der Waals surface area contributed by atoms with E-state index < -0.39 is 17.1 Å². The van der Waals surface area contributed by atoms with Crippen molar-refractivity contribution in [1.29, 1.82) is 0 Å². The van der Waals surface area contributed by atoms with Gasteiger partial charge < -0.3 is 14.8 Å². The SMILES string of the molecule is C#CCOc1c(Br)cc(/C=C2\SC(=O)N(CC(=O)Nc3cccc(SC)c3)C2=O)cc1OC. The van der Waals surface area contributed by atoms with E-state index in [-0.39, 0.29) is 18.1 Å². The Labute approximate surface area is 208 Å². The first-order chi connectivity index (χ1) is 15.9. The number of anilines is 1. The number of terminal acetylenes is 1. The normalized spacial score (nSPS) is 14.4. The van der Waals surface area contributed by atoms with Crippen molar-refractivity contribution in [3.63, 3.8) is 0 Å². The fourth-order valence-electron chi connectivity index (χ4n) is 2.91. The zero-order valence-corrected chi connectivity index (χ0v) is 20.9. The van der Waals surface area contributed by atoms with E-state index in [1.165, 1.54) is 7.11 Å². The number of nitrogens with one attached hydrogen (secondary N) is 1. The summed E-state index contributed by atoms with van der Waals surface area (Å²) in [4.78, 5) is 39.7. The van der Waals surface area contributed by atoms with Gasteiger partial charge in [-0.2, -0.15) is 0 Å². The molecular weight excluding hydrogens is 528 g/mol. The first-order valence-electron chi connectivity index (χ1n) is 9.49. The summed E-state index contributed by atoms with van der Waals surface area (Å²) in [5.74, 6) is 2.23. The van der Waals surface area contributed by atoms with Crippen molar-refractivity contribution in [3.05, 3.63) is 51.3 Å². The first-order valence-corrected chi connectivity index (χ1v) is 12.3. The van der Waals surface area contributed by atoms with Crippen molar-refractivity contribution in [2.45, 2.75) is 4.90 Å². The Morgan fingerprint density at radius 2 is 2.12 bits per heavy atom. The molecule has 3 amide bonds. The van der Waals surface area contributed by atoms with Crippen LogP contribution in [0.3, 0.4) is 0 Å². The van der Waals surface area contributed by atoms with Crippen LogP contribution < -0.4 is 14.8 Å².